The van der Waals surface area contributed by atoms with Gasteiger partial charge in [0, 0.05) is 56.0 Å². The normalized spacial score (nSPS) is 21.4. The van der Waals surface area contributed by atoms with E-state index in [0.29, 0.717) is 5.54 Å². The molecule has 2 saturated heterocycles. The van der Waals surface area contributed by atoms with E-state index in [1.807, 2.05) is 17.5 Å². The summed E-state index contributed by atoms with van der Waals surface area (Å²) in [5.41, 5.74) is 0.297. The molecule has 0 amide bonds. The Labute approximate surface area is 156 Å². The molecule has 2 aliphatic rings. The Morgan fingerprint density at radius 2 is 1.92 bits per heavy atom. The van der Waals surface area contributed by atoms with Crippen LogP contribution in [-0.4, -0.2) is 61.4 Å². The predicted octanol–water partition coefficient (Wildman–Crippen LogP) is 3.11. The van der Waals surface area contributed by atoms with E-state index in [9.17, 15) is 0 Å². The van der Waals surface area contributed by atoms with Crippen LogP contribution in [0.3, 0.4) is 0 Å². The highest BCUT2D eigenvalue weighted by atomic mass is 32.1. The van der Waals surface area contributed by atoms with E-state index in [1.165, 1.54) is 37.2 Å². The third-order valence-electron chi connectivity index (χ3n) is 5.78. The Kier molecular flexibility index (Phi) is 7.10. The molecule has 1 aromatic rings. The Morgan fingerprint density at radius 3 is 2.60 bits per heavy atom. The van der Waals surface area contributed by atoms with Gasteiger partial charge in [-0.3, -0.25) is 4.90 Å². The summed E-state index contributed by atoms with van der Waals surface area (Å²) in [7, 11) is 0. The topological polar surface area (TPSA) is 40.6 Å². The summed E-state index contributed by atoms with van der Waals surface area (Å²) < 4.78 is 5.67. The Hall–Kier alpha value is -0.690. The lowest BCUT2D eigenvalue weighted by Gasteiger charge is -2.48. The summed E-state index contributed by atoms with van der Waals surface area (Å²) in [5, 5.41) is 4.90. The maximum absolute atomic E-state index is 5.67. The highest BCUT2D eigenvalue weighted by molar-refractivity contribution is 7.15. The third kappa shape index (κ3) is 4.73. The molecule has 0 unspecified atom stereocenters. The fourth-order valence-electron chi connectivity index (χ4n) is 4.16. The van der Waals surface area contributed by atoms with Gasteiger partial charge in [-0.05, 0) is 52.6 Å². The van der Waals surface area contributed by atoms with Crippen molar-refractivity contribution in [3.63, 3.8) is 0 Å². The number of rotatable bonds is 8. The molecule has 2 aliphatic heterocycles. The van der Waals surface area contributed by atoms with Crippen LogP contribution in [0.25, 0.3) is 0 Å². The zero-order chi connectivity index (χ0) is 17.5. The molecule has 0 spiro atoms. The van der Waals surface area contributed by atoms with E-state index in [0.717, 1.165) is 57.4 Å². The smallest absolute Gasteiger partial charge is 0.185 e. The lowest BCUT2D eigenvalue weighted by Crippen LogP contribution is -2.59. The molecular weight excluding hydrogens is 332 g/mol. The molecule has 5 nitrogen and oxygen atoms in total. The van der Waals surface area contributed by atoms with E-state index in [1.54, 1.807) is 0 Å². The van der Waals surface area contributed by atoms with Crippen molar-refractivity contribution in [1.82, 2.24) is 15.2 Å². The number of hydrogen-bond donors (Lipinski definition) is 1. The SMILES string of the molecule is CCN(CC)c1ncc(CNCC2(N3CCCCC3)CCOCC2)s1. The van der Waals surface area contributed by atoms with Crippen LogP contribution in [-0.2, 0) is 11.3 Å². The highest BCUT2D eigenvalue weighted by Crippen LogP contribution is 2.30. The molecule has 0 aliphatic carbocycles. The van der Waals surface area contributed by atoms with Gasteiger partial charge in [0.1, 0.15) is 0 Å². The van der Waals surface area contributed by atoms with Crippen LogP contribution >= 0.6 is 11.3 Å². The summed E-state index contributed by atoms with van der Waals surface area (Å²) in [6.45, 7) is 12.7. The van der Waals surface area contributed by atoms with Gasteiger partial charge in [-0.15, -0.1) is 11.3 Å². The Balaban J connectivity index is 1.56. The average Bonchev–Trinajstić information content (AvgIpc) is 3.13. The number of nitrogens with one attached hydrogen (secondary N) is 1. The number of piperidine rings is 1. The fourth-order valence-corrected chi connectivity index (χ4v) is 5.17. The number of nitrogens with zero attached hydrogens (tertiary/aromatic N) is 3. The summed E-state index contributed by atoms with van der Waals surface area (Å²) in [6.07, 6.45) is 8.46. The van der Waals surface area contributed by atoms with Crippen LogP contribution in [0, 0.1) is 0 Å². The zero-order valence-electron chi connectivity index (χ0n) is 15.9. The van der Waals surface area contributed by atoms with Crippen molar-refractivity contribution in [1.29, 1.82) is 0 Å². The van der Waals surface area contributed by atoms with Crippen LogP contribution in [0.2, 0.25) is 0 Å². The van der Waals surface area contributed by atoms with E-state index in [4.69, 9.17) is 4.74 Å². The number of likely N-dealkylation sites (tertiary alicyclic amines) is 1. The van der Waals surface area contributed by atoms with E-state index < -0.39 is 0 Å². The second-order valence-corrected chi connectivity index (χ2v) is 8.36. The number of aromatic nitrogens is 1. The van der Waals surface area contributed by atoms with Gasteiger partial charge < -0.3 is 15.0 Å². The van der Waals surface area contributed by atoms with Gasteiger partial charge in [0.05, 0.1) is 0 Å². The molecule has 1 aromatic heterocycles. The molecule has 142 valence electrons. The van der Waals surface area contributed by atoms with Crippen molar-refractivity contribution in [2.45, 2.75) is 58.0 Å². The van der Waals surface area contributed by atoms with Gasteiger partial charge in [-0.25, -0.2) is 4.98 Å². The third-order valence-corrected chi connectivity index (χ3v) is 6.84. The Morgan fingerprint density at radius 1 is 1.20 bits per heavy atom. The predicted molar refractivity (Wildman–Crippen MR) is 106 cm³/mol. The minimum absolute atomic E-state index is 0.297. The van der Waals surface area contributed by atoms with Crippen molar-refractivity contribution in [2.24, 2.45) is 0 Å². The van der Waals surface area contributed by atoms with Gasteiger partial charge in [0.25, 0.3) is 0 Å². The van der Waals surface area contributed by atoms with E-state index >= 15 is 0 Å². The second kappa shape index (κ2) is 9.31. The average molecular weight is 367 g/mol. The van der Waals surface area contributed by atoms with Gasteiger partial charge in [0.2, 0.25) is 0 Å². The first-order valence-electron chi connectivity index (χ1n) is 10.0. The summed E-state index contributed by atoms with van der Waals surface area (Å²) >= 11 is 1.83. The monoisotopic (exact) mass is 366 g/mol. The molecule has 3 rings (SSSR count). The first-order chi connectivity index (χ1) is 12.3. The lowest BCUT2D eigenvalue weighted by molar-refractivity contribution is -0.0357. The summed E-state index contributed by atoms with van der Waals surface area (Å²) in [5.74, 6) is 0. The van der Waals surface area contributed by atoms with Crippen molar-refractivity contribution >= 4 is 16.5 Å². The van der Waals surface area contributed by atoms with Gasteiger partial charge in [-0.2, -0.15) is 0 Å². The number of hydrogen-bond acceptors (Lipinski definition) is 6. The minimum Gasteiger partial charge on any atom is -0.381 e. The van der Waals surface area contributed by atoms with Gasteiger partial charge in [0.15, 0.2) is 5.13 Å². The van der Waals surface area contributed by atoms with Crippen LogP contribution in [0.15, 0.2) is 6.20 Å². The van der Waals surface area contributed by atoms with Gasteiger partial charge in [-0.1, -0.05) is 6.42 Å². The molecule has 2 fully saturated rings. The first kappa shape index (κ1) is 19.1. The van der Waals surface area contributed by atoms with Crippen molar-refractivity contribution in [2.75, 3.05) is 50.8 Å². The van der Waals surface area contributed by atoms with E-state index in [2.05, 4.69) is 33.9 Å². The minimum atomic E-state index is 0.297. The van der Waals surface area contributed by atoms with Crippen molar-refractivity contribution < 1.29 is 4.74 Å². The number of ether oxygens (including phenoxy) is 1. The molecule has 0 saturated carbocycles. The summed E-state index contributed by atoms with van der Waals surface area (Å²) in [4.78, 5) is 11.0. The van der Waals surface area contributed by atoms with Crippen molar-refractivity contribution in [3.8, 4) is 0 Å². The number of thiazole rings is 1. The van der Waals surface area contributed by atoms with Crippen LogP contribution in [0.5, 0.6) is 0 Å². The van der Waals surface area contributed by atoms with Crippen LogP contribution in [0.1, 0.15) is 50.8 Å². The van der Waals surface area contributed by atoms with Crippen molar-refractivity contribution in [3.05, 3.63) is 11.1 Å². The second-order valence-electron chi connectivity index (χ2n) is 7.27. The Bertz CT molecular complexity index is 505. The molecule has 0 aromatic carbocycles. The maximum atomic E-state index is 5.67. The molecule has 0 radical (unpaired) electrons. The zero-order valence-corrected chi connectivity index (χ0v) is 16.7. The largest absolute Gasteiger partial charge is 0.381 e. The molecule has 0 bridgehead atoms. The lowest BCUT2D eigenvalue weighted by atomic mass is 9.86. The maximum Gasteiger partial charge on any atom is 0.185 e. The molecule has 6 heteroatoms. The molecule has 0 atom stereocenters. The summed E-state index contributed by atoms with van der Waals surface area (Å²) in [6, 6.07) is 0. The molecule has 1 N–H and O–H groups in total. The standard InChI is InChI=1S/C19H34N4OS/c1-3-22(4-2)18-21-15-17(25-18)14-20-16-19(8-12-24-13-9-19)23-10-6-5-7-11-23/h15,20H,3-14,16H2,1-2H3. The van der Waals surface area contributed by atoms with Crippen LogP contribution in [0.4, 0.5) is 5.13 Å². The van der Waals surface area contributed by atoms with Crippen LogP contribution < -0.4 is 10.2 Å². The molecular formula is C19H34N4OS. The molecule has 25 heavy (non-hydrogen) atoms. The molecule has 3 heterocycles. The number of anilines is 1. The van der Waals surface area contributed by atoms with Gasteiger partial charge >= 0.3 is 0 Å². The quantitative estimate of drug-likeness (QED) is 0.765. The first-order valence-corrected chi connectivity index (χ1v) is 10.8. The van der Waals surface area contributed by atoms with E-state index in [-0.39, 0.29) is 0 Å². The highest BCUT2D eigenvalue weighted by Gasteiger charge is 2.38. The fraction of sp³-hybridized carbons (Fsp3) is 0.842.